The molecule has 0 radical (unpaired) electrons. The van der Waals surface area contributed by atoms with E-state index in [9.17, 15) is 9.90 Å². The van der Waals surface area contributed by atoms with Gasteiger partial charge >= 0.3 is 5.97 Å². The Labute approximate surface area is 133 Å². The molecule has 1 rings (SSSR count). The smallest absolute Gasteiger partial charge is 0.325 e. The van der Waals surface area contributed by atoms with Crippen molar-refractivity contribution >= 4 is 5.97 Å². The van der Waals surface area contributed by atoms with Gasteiger partial charge in [0.1, 0.15) is 5.75 Å². The summed E-state index contributed by atoms with van der Waals surface area (Å²) in [6.07, 6.45) is 7.07. The lowest BCUT2D eigenvalue weighted by Crippen LogP contribution is -2.15. The monoisotopic (exact) mass is 307 g/mol. The maximum absolute atomic E-state index is 11.5. The van der Waals surface area contributed by atoms with Crippen LogP contribution in [0.2, 0.25) is 0 Å². The Morgan fingerprint density at radius 1 is 1.09 bits per heavy atom. The molecule has 0 aromatic heterocycles. The van der Waals surface area contributed by atoms with Gasteiger partial charge in [0.25, 0.3) is 0 Å². The van der Waals surface area contributed by atoms with Crippen LogP contribution in [0, 0.1) is 0 Å². The van der Waals surface area contributed by atoms with Gasteiger partial charge in [-0.15, -0.1) is 0 Å². The number of aryl methyl sites for hydroxylation is 3. The quantitative estimate of drug-likeness (QED) is 0.647. The minimum absolute atomic E-state index is 0.263. The number of phenolic OH excluding ortho intramolecular Hbond substituents is 1. The van der Waals surface area contributed by atoms with Gasteiger partial charge in [0.05, 0.1) is 6.42 Å². The zero-order chi connectivity index (χ0) is 16.4. The Morgan fingerprint density at radius 3 is 2.09 bits per heavy atom. The molecule has 2 N–H and O–H groups in total. The molecule has 22 heavy (non-hydrogen) atoms. The Hall–Kier alpha value is -1.55. The number of carbonyl (C=O) groups is 1. The summed E-state index contributed by atoms with van der Waals surface area (Å²) in [5.74, 6) is 0.184. The zero-order valence-corrected chi connectivity index (χ0v) is 14.1. The Morgan fingerprint density at radius 2 is 1.64 bits per heavy atom. The normalized spacial score (nSPS) is 10.7. The van der Waals surface area contributed by atoms with E-state index in [1.807, 2.05) is 12.1 Å². The average molecular weight is 307 g/mol. The number of carbonyl (C=O) groups excluding carboxylic acids is 1. The lowest BCUT2D eigenvalue weighted by Gasteiger charge is -2.13. The van der Waals surface area contributed by atoms with Crippen LogP contribution in [-0.2, 0) is 28.9 Å². The maximum atomic E-state index is 11.5. The third-order valence-corrected chi connectivity index (χ3v) is 3.76. The summed E-state index contributed by atoms with van der Waals surface area (Å²) in [7, 11) is 1.57. The molecule has 0 heterocycles. The first-order valence-corrected chi connectivity index (χ1v) is 8.32. The van der Waals surface area contributed by atoms with Crippen molar-refractivity contribution in [1.29, 1.82) is 0 Å². The van der Waals surface area contributed by atoms with E-state index in [0.29, 0.717) is 18.6 Å². The fourth-order valence-corrected chi connectivity index (χ4v) is 2.50. The predicted molar refractivity (Wildman–Crippen MR) is 88.8 cm³/mol. The minimum Gasteiger partial charge on any atom is -0.507 e. The number of nitrogens with one attached hydrogen (secondary N) is 1. The van der Waals surface area contributed by atoms with Gasteiger partial charge in [-0.3, -0.25) is 4.79 Å². The second-order valence-corrected chi connectivity index (χ2v) is 5.65. The summed E-state index contributed by atoms with van der Waals surface area (Å²) < 4.78 is 0. The van der Waals surface area contributed by atoms with Crippen molar-refractivity contribution in [3.8, 4) is 5.75 Å². The van der Waals surface area contributed by atoms with Crippen molar-refractivity contribution in [2.24, 2.45) is 0 Å². The van der Waals surface area contributed by atoms with Crippen LogP contribution in [0.15, 0.2) is 12.1 Å². The molecule has 0 aliphatic heterocycles. The van der Waals surface area contributed by atoms with Crippen molar-refractivity contribution in [2.45, 2.75) is 65.2 Å². The molecule has 0 bridgehead atoms. The van der Waals surface area contributed by atoms with Crippen LogP contribution in [0.1, 0.15) is 62.6 Å². The molecular weight excluding hydrogens is 278 g/mol. The first-order chi connectivity index (χ1) is 10.6. The van der Waals surface area contributed by atoms with E-state index < -0.39 is 0 Å². The number of hydrogen-bond donors (Lipinski definition) is 2. The topological polar surface area (TPSA) is 58.6 Å². The van der Waals surface area contributed by atoms with Gasteiger partial charge in [-0.2, -0.15) is 5.48 Å². The SMILES string of the molecule is CCCCc1cc(CCC(=O)ONC)cc(CCCC)c1O. The van der Waals surface area contributed by atoms with Crippen molar-refractivity contribution < 1.29 is 14.7 Å². The third kappa shape index (κ3) is 6.06. The maximum Gasteiger partial charge on any atom is 0.325 e. The van der Waals surface area contributed by atoms with Gasteiger partial charge in [-0.05, 0) is 48.8 Å². The summed E-state index contributed by atoms with van der Waals surface area (Å²) in [5.41, 5.74) is 5.52. The molecule has 0 saturated heterocycles. The molecule has 0 atom stereocenters. The molecule has 0 spiro atoms. The molecular formula is C18H29NO3. The summed E-state index contributed by atoms with van der Waals surface area (Å²) in [5, 5.41) is 10.4. The number of benzene rings is 1. The Bertz CT molecular complexity index is 442. The number of aromatic hydroxyl groups is 1. The molecule has 1 aromatic carbocycles. The molecule has 0 aliphatic carbocycles. The van der Waals surface area contributed by atoms with E-state index in [1.54, 1.807) is 7.05 Å². The molecule has 0 aliphatic rings. The van der Waals surface area contributed by atoms with Crippen molar-refractivity contribution in [3.63, 3.8) is 0 Å². The van der Waals surface area contributed by atoms with Gasteiger partial charge in [0.15, 0.2) is 0 Å². The number of rotatable bonds is 10. The van der Waals surface area contributed by atoms with Crippen molar-refractivity contribution in [3.05, 3.63) is 28.8 Å². The van der Waals surface area contributed by atoms with Crippen molar-refractivity contribution in [2.75, 3.05) is 7.05 Å². The van der Waals surface area contributed by atoms with Crippen LogP contribution in [0.5, 0.6) is 5.75 Å². The zero-order valence-electron chi connectivity index (χ0n) is 14.1. The highest BCUT2D eigenvalue weighted by Gasteiger charge is 2.11. The molecule has 0 unspecified atom stereocenters. The summed E-state index contributed by atoms with van der Waals surface area (Å²) >= 11 is 0. The van der Waals surface area contributed by atoms with Gasteiger partial charge < -0.3 is 9.94 Å². The van der Waals surface area contributed by atoms with E-state index in [0.717, 1.165) is 55.2 Å². The molecule has 0 fully saturated rings. The highest BCUT2D eigenvalue weighted by Crippen LogP contribution is 2.28. The molecule has 0 saturated carbocycles. The third-order valence-electron chi connectivity index (χ3n) is 3.76. The molecule has 0 amide bonds. The minimum atomic E-state index is -0.263. The standard InChI is InChI=1S/C18H29NO3/c1-4-6-8-15-12-14(10-11-17(20)22-19-3)13-16(18(15)21)9-7-5-2/h12-13,19,21H,4-11H2,1-3H3. The second kappa shape index (κ2) is 10.2. The van der Waals surface area contributed by atoms with E-state index in [4.69, 9.17) is 4.84 Å². The highest BCUT2D eigenvalue weighted by atomic mass is 16.7. The average Bonchev–Trinajstić information content (AvgIpc) is 2.51. The summed E-state index contributed by atoms with van der Waals surface area (Å²) in [4.78, 5) is 16.2. The second-order valence-electron chi connectivity index (χ2n) is 5.65. The van der Waals surface area contributed by atoms with E-state index in [2.05, 4.69) is 19.3 Å². The van der Waals surface area contributed by atoms with Crippen LogP contribution in [-0.4, -0.2) is 18.1 Å². The largest absolute Gasteiger partial charge is 0.507 e. The lowest BCUT2D eigenvalue weighted by molar-refractivity contribution is -0.149. The van der Waals surface area contributed by atoms with Gasteiger partial charge in [-0.1, -0.05) is 38.8 Å². The van der Waals surface area contributed by atoms with Crippen LogP contribution >= 0.6 is 0 Å². The Balaban J connectivity index is 2.87. The number of hydrogen-bond acceptors (Lipinski definition) is 4. The molecule has 1 aromatic rings. The van der Waals surface area contributed by atoms with Crippen LogP contribution in [0.3, 0.4) is 0 Å². The van der Waals surface area contributed by atoms with Gasteiger partial charge in [-0.25, -0.2) is 0 Å². The van der Waals surface area contributed by atoms with E-state index in [1.165, 1.54) is 0 Å². The Kier molecular flexibility index (Phi) is 8.60. The highest BCUT2D eigenvalue weighted by molar-refractivity contribution is 5.69. The lowest BCUT2D eigenvalue weighted by atomic mass is 9.95. The van der Waals surface area contributed by atoms with Crippen LogP contribution in [0.4, 0.5) is 0 Å². The van der Waals surface area contributed by atoms with E-state index in [-0.39, 0.29) is 5.97 Å². The fourth-order valence-electron chi connectivity index (χ4n) is 2.50. The predicted octanol–water partition coefficient (Wildman–Crippen LogP) is 3.69. The number of unbranched alkanes of at least 4 members (excludes halogenated alkanes) is 2. The number of phenols is 1. The first kappa shape index (κ1) is 18.5. The molecule has 124 valence electrons. The summed E-state index contributed by atoms with van der Waals surface area (Å²) in [6, 6.07) is 4.07. The van der Waals surface area contributed by atoms with Crippen molar-refractivity contribution in [1.82, 2.24) is 5.48 Å². The summed E-state index contributed by atoms with van der Waals surface area (Å²) in [6.45, 7) is 4.29. The van der Waals surface area contributed by atoms with Gasteiger partial charge in [0, 0.05) is 7.05 Å². The fraction of sp³-hybridized carbons (Fsp3) is 0.611. The van der Waals surface area contributed by atoms with Crippen LogP contribution in [0.25, 0.3) is 0 Å². The van der Waals surface area contributed by atoms with Crippen LogP contribution < -0.4 is 5.48 Å². The molecule has 4 nitrogen and oxygen atoms in total. The number of hydroxylamine groups is 1. The van der Waals surface area contributed by atoms with E-state index >= 15 is 0 Å². The van der Waals surface area contributed by atoms with Gasteiger partial charge in [0.2, 0.25) is 0 Å². The molecule has 4 heteroatoms. The first-order valence-electron chi connectivity index (χ1n) is 8.32.